The van der Waals surface area contributed by atoms with Gasteiger partial charge < -0.3 is 0 Å². The summed E-state index contributed by atoms with van der Waals surface area (Å²) < 4.78 is 0. The molecular formula is C22H22. The van der Waals surface area contributed by atoms with Crippen LogP contribution in [0.25, 0.3) is 12.2 Å². The average Bonchev–Trinajstić information content (AvgIpc) is 2.47. The van der Waals surface area contributed by atoms with Gasteiger partial charge in [0.1, 0.15) is 0 Å². The minimum atomic E-state index is 0.00850. The summed E-state index contributed by atoms with van der Waals surface area (Å²) in [6.07, 6.45) is 3.99. The third-order valence-electron chi connectivity index (χ3n) is 3.10. The van der Waals surface area contributed by atoms with E-state index in [1.165, 1.54) is 5.56 Å². The van der Waals surface area contributed by atoms with E-state index in [0.717, 1.165) is 16.7 Å². The summed E-state index contributed by atoms with van der Waals surface area (Å²) in [6, 6.07) is 16.6. The van der Waals surface area contributed by atoms with E-state index in [2.05, 4.69) is 81.7 Å². The van der Waals surface area contributed by atoms with E-state index < -0.39 is 0 Å². The number of hydrogen-bond acceptors (Lipinski definition) is 0. The van der Waals surface area contributed by atoms with E-state index >= 15 is 0 Å². The Morgan fingerprint density at radius 3 is 2.23 bits per heavy atom. The van der Waals surface area contributed by atoms with Crippen molar-refractivity contribution in [2.24, 2.45) is 5.41 Å². The van der Waals surface area contributed by atoms with E-state index in [-0.39, 0.29) is 5.41 Å². The molecule has 0 heterocycles. The Morgan fingerprint density at radius 2 is 1.55 bits per heavy atom. The van der Waals surface area contributed by atoms with Crippen LogP contribution in [0.5, 0.6) is 0 Å². The molecule has 0 nitrogen and oxygen atoms in total. The smallest absolute Gasteiger partial charge is 0.0324 e. The Bertz CT molecular complexity index is 750. The standard InChI is InChI=1S/C22H22/c1-18-12-14-19(15-13-18)8-7-11-20-9-5-6-10-21(20)16-17-22(2,3)4/h5-6,8-15H,1-4H3. The molecule has 0 aliphatic heterocycles. The van der Waals surface area contributed by atoms with Gasteiger partial charge in [0.2, 0.25) is 0 Å². The largest absolute Gasteiger partial charge is 0.120 e. The average molecular weight is 286 g/mol. The van der Waals surface area contributed by atoms with Crippen LogP contribution in [-0.2, 0) is 0 Å². The quantitative estimate of drug-likeness (QED) is 0.489. The summed E-state index contributed by atoms with van der Waals surface area (Å²) in [7, 11) is 0. The van der Waals surface area contributed by atoms with Gasteiger partial charge in [0.05, 0.1) is 0 Å². The highest BCUT2D eigenvalue weighted by Crippen LogP contribution is 2.14. The van der Waals surface area contributed by atoms with Crippen LogP contribution in [-0.4, -0.2) is 0 Å². The topological polar surface area (TPSA) is 0 Å². The zero-order valence-corrected chi connectivity index (χ0v) is 13.8. The Hall–Kier alpha value is -2.48. The maximum atomic E-state index is 3.28. The molecule has 0 saturated carbocycles. The molecule has 0 saturated heterocycles. The van der Waals surface area contributed by atoms with Crippen LogP contribution in [0, 0.1) is 24.2 Å². The first-order chi connectivity index (χ1) is 10.4. The number of hydrogen-bond donors (Lipinski definition) is 0. The van der Waals surface area contributed by atoms with Gasteiger partial charge in [-0.25, -0.2) is 0 Å². The third kappa shape index (κ3) is 5.13. The summed E-state index contributed by atoms with van der Waals surface area (Å²) in [5, 5.41) is 0. The lowest BCUT2D eigenvalue weighted by Crippen LogP contribution is -1.99. The van der Waals surface area contributed by atoms with E-state index in [9.17, 15) is 0 Å². The summed E-state index contributed by atoms with van der Waals surface area (Å²) >= 11 is 0. The number of rotatable bonds is 2. The van der Waals surface area contributed by atoms with Crippen molar-refractivity contribution >= 4 is 12.2 Å². The predicted molar refractivity (Wildman–Crippen MR) is 96.4 cm³/mol. The summed E-state index contributed by atoms with van der Waals surface area (Å²) in [5.74, 6) is 6.56. The molecule has 2 aromatic carbocycles. The van der Waals surface area contributed by atoms with Crippen LogP contribution in [0.4, 0.5) is 0 Å². The van der Waals surface area contributed by atoms with E-state index in [1.807, 2.05) is 24.3 Å². The van der Waals surface area contributed by atoms with Crippen LogP contribution in [0.15, 0.2) is 54.3 Å². The third-order valence-corrected chi connectivity index (χ3v) is 3.10. The van der Waals surface area contributed by atoms with E-state index in [4.69, 9.17) is 0 Å². The highest BCUT2D eigenvalue weighted by molar-refractivity contribution is 5.62. The van der Waals surface area contributed by atoms with Gasteiger partial charge in [0.15, 0.2) is 0 Å². The molecule has 0 aliphatic carbocycles. The Labute approximate surface area is 134 Å². The fourth-order valence-corrected chi connectivity index (χ4v) is 1.88. The van der Waals surface area contributed by atoms with Crippen molar-refractivity contribution in [2.75, 3.05) is 0 Å². The molecule has 0 N–H and O–H groups in total. The first-order valence-corrected chi connectivity index (χ1v) is 7.55. The van der Waals surface area contributed by atoms with Gasteiger partial charge in [-0.2, -0.15) is 0 Å². The number of benzene rings is 2. The lowest BCUT2D eigenvalue weighted by atomic mass is 9.96. The normalized spacial score (nSPS) is 10.2. The second-order valence-corrected chi connectivity index (χ2v) is 6.45. The first kappa shape index (κ1) is 15.9. The van der Waals surface area contributed by atoms with Gasteiger partial charge in [0.25, 0.3) is 0 Å². The van der Waals surface area contributed by atoms with Crippen molar-refractivity contribution < 1.29 is 0 Å². The van der Waals surface area contributed by atoms with Crippen molar-refractivity contribution in [3.63, 3.8) is 0 Å². The molecule has 2 aromatic rings. The van der Waals surface area contributed by atoms with Crippen molar-refractivity contribution in [1.82, 2.24) is 0 Å². The van der Waals surface area contributed by atoms with Gasteiger partial charge >= 0.3 is 0 Å². The molecule has 0 heteroatoms. The molecule has 0 aromatic heterocycles. The minimum Gasteiger partial charge on any atom is -0.120 e. The maximum Gasteiger partial charge on any atom is 0.0324 e. The summed E-state index contributed by atoms with van der Waals surface area (Å²) in [5.41, 5.74) is 7.83. The van der Waals surface area contributed by atoms with Crippen LogP contribution >= 0.6 is 0 Å². The Morgan fingerprint density at radius 1 is 0.864 bits per heavy atom. The molecule has 0 amide bonds. The van der Waals surface area contributed by atoms with Crippen LogP contribution in [0.1, 0.15) is 43.0 Å². The second-order valence-electron chi connectivity index (χ2n) is 6.45. The predicted octanol–water partition coefficient (Wildman–Crippen LogP) is 5.72. The summed E-state index contributed by atoms with van der Waals surface area (Å²) in [6.45, 7) is 8.45. The maximum absolute atomic E-state index is 3.28. The fourth-order valence-electron chi connectivity index (χ4n) is 1.88. The zero-order chi connectivity index (χ0) is 16.0. The van der Waals surface area contributed by atoms with Crippen molar-refractivity contribution in [1.29, 1.82) is 0 Å². The van der Waals surface area contributed by atoms with Gasteiger partial charge in [-0.1, -0.05) is 59.9 Å². The molecule has 0 fully saturated rings. The van der Waals surface area contributed by atoms with Crippen molar-refractivity contribution in [3.05, 3.63) is 76.5 Å². The lowest BCUT2D eigenvalue weighted by Gasteiger charge is -2.07. The van der Waals surface area contributed by atoms with Crippen molar-refractivity contribution in [2.45, 2.75) is 27.7 Å². The Kier molecular flexibility index (Phi) is 5.05. The molecule has 110 valence electrons. The highest BCUT2D eigenvalue weighted by Gasteiger charge is 2.03. The van der Waals surface area contributed by atoms with Gasteiger partial charge in [0, 0.05) is 11.0 Å². The van der Waals surface area contributed by atoms with Crippen LogP contribution < -0.4 is 0 Å². The fraction of sp³-hybridized carbons (Fsp3) is 0.227. The second kappa shape index (κ2) is 6.99. The molecule has 0 unspecified atom stereocenters. The lowest BCUT2D eigenvalue weighted by molar-refractivity contribution is 0.571. The number of aryl methyl sites for hydroxylation is 1. The van der Waals surface area contributed by atoms with Crippen molar-refractivity contribution in [3.8, 4) is 11.8 Å². The summed E-state index contributed by atoms with van der Waals surface area (Å²) in [4.78, 5) is 0. The highest BCUT2D eigenvalue weighted by atomic mass is 14.1. The van der Waals surface area contributed by atoms with Crippen LogP contribution in [0.3, 0.4) is 0 Å². The molecule has 0 radical (unpaired) electrons. The molecule has 0 aliphatic rings. The zero-order valence-electron chi connectivity index (χ0n) is 13.8. The molecule has 2 rings (SSSR count). The first-order valence-electron chi connectivity index (χ1n) is 7.55. The van der Waals surface area contributed by atoms with E-state index in [1.54, 1.807) is 0 Å². The monoisotopic (exact) mass is 286 g/mol. The molecule has 0 bridgehead atoms. The van der Waals surface area contributed by atoms with Gasteiger partial charge in [-0.05, 0) is 57.0 Å². The Balaban J connectivity index is 2.27. The molecule has 22 heavy (non-hydrogen) atoms. The van der Waals surface area contributed by atoms with E-state index in [0.29, 0.717) is 0 Å². The van der Waals surface area contributed by atoms with Gasteiger partial charge in [-0.3, -0.25) is 0 Å². The minimum absolute atomic E-state index is 0.00850. The molecule has 0 atom stereocenters. The molecular weight excluding hydrogens is 264 g/mol. The molecule has 0 spiro atoms. The van der Waals surface area contributed by atoms with Gasteiger partial charge in [-0.15, -0.1) is 5.73 Å². The SMILES string of the molecule is Cc1ccc(C=C=Cc2ccccc2C#CC(C)(C)C)cc1. The van der Waals surface area contributed by atoms with Crippen LogP contribution in [0.2, 0.25) is 0 Å².